The molecule has 2 rings (SSSR count). The summed E-state index contributed by atoms with van der Waals surface area (Å²) in [6.07, 6.45) is 2.09. The molecule has 0 aromatic heterocycles. The second-order valence-electron chi connectivity index (χ2n) is 4.78. The van der Waals surface area contributed by atoms with Crippen molar-refractivity contribution in [2.45, 2.75) is 38.9 Å². The summed E-state index contributed by atoms with van der Waals surface area (Å²) in [6, 6.07) is 3.11. The fourth-order valence-electron chi connectivity index (χ4n) is 2.16. The Bertz CT molecular complexity index is 397. The van der Waals surface area contributed by atoms with Crippen molar-refractivity contribution in [3.05, 3.63) is 33.6 Å². The average Bonchev–Trinajstić information content (AvgIpc) is 2.74. The lowest BCUT2D eigenvalue weighted by Gasteiger charge is -2.17. The van der Waals surface area contributed by atoms with E-state index in [0.717, 1.165) is 18.4 Å². The first-order valence-electron chi connectivity index (χ1n) is 5.79. The summed E-state index contributed by atoms with van der Waals surface area (Å²) in [5.74, 6) is -0.00150. The Morgan fingerprint density at radius 2 is 2.00 bits per heavy atom. The van der Waals surface area contributed by atoms with E-state index >= 15 is 0 Å². The van der Waals surface area contributed by atoms with Crippen molar-refractivity contribution < 1.29 is 9.13 Å². The number of rotatable bonds is 2. The molecule has 4 heteroatoms. The Morgan fingerprint density at radius 3 is 2.53 bits per heavy atom. The maximum atomic E-state index is 13.5. The van der Waals surface area contributed by atoms with Crippen LogP contribution >= 0.6 is 23.2 Å². The van der Waals surface area contributed by atoms with Crippen LogP contribution in [-0.4, -0.2) is 6.10 Å². The van der Waals surface area contributed by atoms with Crippen LogP contribution in [0.3, 0.4) is 0 Å². The van der Waals surface area contributed by atoms with Gasteiger partial charge in [0.2, 0.25) is 0 Å². The minimum atomic E-state index is -0.481. The molecule has 1 aromatic rings. The van der Waals surface area contributed by atoms with Gasteiger partial charge < -0.3 is 4.74 Å². The number of ether oxygens (including phenoxy) is 1. The smallest absolute Gasteiger partial charge is 0.143 e. The highest BCUT2D eigenvalue weighted by Crippen LogP contribution is 2.38. The third kappa shape index (κ3) is 2.75. The number of hydrogen-bond donors (Lipinski definition) is 0. The van der Waals surface area contributed by atoms with Gasteiger partial charge in [0, 0.05) is 0 Å². The molecular formula is C13H15Cl2FO. The molecule has 0 saturated carbocycles. The summed E-state index contributed by atoms with van der Waals surface area (Å²) >= 11 is 11.6. The van der Waals surface area contributed by atoms with Crippen molar-refractivity contribution in [3.8, 4) is 0 Å². The standard InChI is InChI=1S/C13H15Cl2FO/c1-7(2)11-3-4-12(17-11)8-5-9(14)13(15)10(16)6-8/h5-7,11-12H,3-4H2,1-2H3/t11-,12+/m0/s1. The predicted molar refractivity (Wildman–Crippen MR) is 68.1 cm³/mol. The molecule has 94 valence electrons. The fourth-order valence-corrected chi connectivity index (χ4v) is 2.48. The van der Waals surface area contributed by atoms with E-state index in [0.29, 0.717) is 5.92 Å². The second kappa shape index (κ2) is 5.13. The zero-order chi connectivity index (χ0) is 12.6. The molecule has 2 atom stereocenters. The van der Waals surface area contributed by atoms with Crippen LogP contribution in [0.25, 0.3) is 0 Å². The van der Waals surface area contributed by atoms with Crippen LogP contribution in [0.4, 0.5) is 4.39 Å². The van der Waals surface area contributed by atoms with Gasteiger partial charge in [-0.2, -0.15) is 0 Å². The van der Waals surface area contributed by atoms with Crippen LogP contribution in [0.2, 0.25) is 10.0 Å². The Kier molecular flexibility index (Phi) is 3.96. The summed E-state index contributed by atoms with van der Waals surface area (Å²) in [5, 5.41) is 0.229. The van der Waals surface area contributed by atoms with Gasteiger partial charge in [0.15, 0.2) is 0 Å². The van der Waals surface area contributed by atoms with E-state index in [9.17, 15) is 4.39 Å². The monoisotopic (exact) mass is 276 g/mol. The first-order valence-corrected chi connectivity index (χ1v) is 6.54. The molecule has 0 radical (unpaired) electrons. The first-order chi connectivity index (χ1) is 7.99. The maximum absolute atomic E-state index is 13.5. The largest absolute Gasteiger partial charge is 0.370 e. The highest BCUT2D eigenvalue weighted by Gasteiger charge is 2.29. The van der Waals surface area contributed by atoms with Gasteiger partial charge in [0.25, 0.3) is 0 Å². The molecule has 1 aromatic carbocycles. The van der Waals surface area contributed by atoms with Crippen LogP contribution in [-0.2, 0) is 4.74 Å². The topological polar surface area (TPSA) is 9.23 Å². The van der Waals surface area contributed by atoms with Crippen LogP contribution in [0.15, 0.2) is 12.1 Å². The van der Waals surface area contributed by atoms with E-state index in [-0.39, 0.29) is 22.3 Å². The van der Waals surface area contributed by atoms with Crippen LogP contribution < -0.4 is 0 Å². The minimum Gasteiger partial charge on any atom is -0.370 e. The summed E-state index contributed by atoms with van der Waals surface area (Å²) in [4.78, 5) is 0. The van der Waals surface area contributed by atoms with Crippen molar-refractivity contribution in [2.24, 2.45) is 5.92 Å². The van der Waals surface area contributed by atoms with Gasteiger partial charge in [0.05, 0.1) is 22.3 Å². The lowest BCUT2D eigenvalue weighted by molar-refractivity contribution is 0.0187. The lowest BCUT2D eigenvalue weighted by Crippen LogP contribution is -2.13. The molecule has 1 aliphatic heterocycles. The van der Waals surface area contributed by atoms with Crippen molar-refractivity contribution in [1.29, 1.82) is 0 Å². The van der Waals surface area contributed by atoms with E-state index < -0.39 is 5.82 Å². The molecule has 0 unspecified atom stereocenters. The van der Waals surface area contributed by atoms with E-state index in [2.05, 4.69) is 13.8 Å². The van der Waals surface area contributed by atoms with Gasteiger partial charge in [-0.15, -0.1) is 0 Å². The van der Waals surface area contributed by atoms with E-state index in [1.807, 2.05) is 0 Å². The zero-order valence-corrected chi connectivity index (χ0v) is 11.4. The molecule has 0 amide bonds. The van der Waals surface area contributed by atoms with Crippen molar-refractivity contribution in [2.75, 3.05) is 0 Å². The van der Waals surface area contributed by atoms with Crippen LogP contribution in [0, 0.1) is 11.7 Å². The van der Waals surface area contributed by atoms with Crippen molar-refractivity contribution >= 4 is 23.2 Å². The average molecular weight is 277 g/mol. The van der Waals surface area contributed by atoms with Gasteiger partial charge in [-0.25, -0.2) is 4.39 Å². The molecule has 1 aliphatic rings. The summed E-state index contributed by atoms with van der Waals surface area (Å²) in [5.41, 5.74) is 0.778. The Balaban J connectivity index is 2.19. The molecule has 0 N–H and O–H groups in total. The third-order valence-electron chi connectivity index (χ3n) is 3.17. The molecule has 1 saturated heterocycles. The van der Waals surface area contributed by atoms with Gasteiger partial charge in [-0.3, -0.25) is 0 Å². The molecule has 0 aliphatic carbocycles. The minimum absolute atomic E-state index is 0.0196. The highest BCUT2D eigenvalue weighted by atomic mass is 35.5. The van der Waals surface area contributed by atoms with Crippen LogP contribution in [0.5, 0.6) is 0 Å². The zero-order valence-electron chi connectivity index (χ0n) is 9.84. The number of halogens is 3. The SMILES string of the molecule is CC(C)[C@@H]1CC[C@H](c2cc(F)c(Cl)c(Cl)c2)O1. The van der Waals surface area contributed by atoms with Crippen molar-refractivity contribution in [1.82, 2.24) is 0 Å². The van der Waals surface area contributed by atoms with E-state index in [4.69, 9.17) is 27.9 Å². The normalized spacial score (nSPS) is 24.6. The Hall–Kier alpha value is -0.310. The molecule has 0 spiro atoms. The predicted octanol–water partition coefficient (Wildman–Crippen LogP) is 5.01. The molecular weight excluding hydrogens is 262 g/mol. The molecule has 0 bridgehead atoms. The molecule has 17 heavy (non-hydrogen) atoms. The molecule has 1 nitrogen and oxygen atoms in total. The van der Waals surface area contributed by atoms with Gasteiger partial charge in [0.1, 0.15) is 5.82 Å². The van der Waals surface area contributed by atoms with Gasteiger partial charge in [-0.1, -0.05) is 37.0 Å². The van der Waals surface area contributed by atoms with Gasteiger partial charge >= 0.3 is 0 Å². The summed E-state index contributed by atoms with van der Waals surface area (Å²) in [6.45, 7) is 4.25. The van der Waals surface area contributed by atoms with E-state index in [1.54, 1.807) is 6.07 Å². The molecule has 1 heterocycles. The molecule has 1 fully saturated rings. The Labute approximate surface area is 111 Å². The summed E-state index contributed by atoms with van der Waals surface area (Å²) < 4.78 is 19.4. The quantitative estimate of drug-likeness (QED) is 0.690. The second-order valence-corrected chi connectivity index (χ2v) is 5.57. The van der Waals surface area contributed by atoms with E-state index in [1.165, 1.54) is 6.07 Å². The first kappa shape index (κ1) is 13.1. The fraction of sp³-hybridized carbons (Fsp3) is 0.538. The van der Waals surface area contributed by atoms with Crippen molar-refractivity contribution in [3.63, 3.8) is 0 Å². The van der Waals surface area contributed by atoms with Gasteiger partial charge in [-0.05, 0) is 36.5 Å². The highest BCUT2D eigenvalue weighted by molar-refractivity contribution is 6.42. The third-order valence-corrected chi connectivity index (χ3v) is 3.95. The number of hydrogen-bond acceptors (Lipinski definition) is 1. The maximum Gasteiger partial charge on any atom is 0.143 e. The van der Waals surface area contributed by atoms with Crippen LogP contribution in [0.1, 0.15) is 38.4 Å². The Morgan fingerprint density at radius 1 is 1.29 bits per heavy atom. The summed E-state index contributed by atoms with van der Waals surface area (Å²) in [7, 11) is 0. The lowest BCUT2D eigenvalue weighted by atomic mass is 10.0. The number of benzene rings is 1.